The Hall–Kier alpha value is -10.8. The van der Waals surface area contributed by atoms with Gasteiger partial charge in [-0.05, 0) is 128 Å². The lowest BCUT2D eigenvalue weighted by Crippen LogP contribution is -2.61. The number of halogens is 1. The molecule has 0 saturated carbocycles. The number of likely N-dealkylation sites (tertiary alicyclic amines) is 1. The Labute approximate surface area is 641 Å². The van der Waals surface area contributed by atoms with Crippen molar-refractivity contribution in [2.24, 2.45) is 33.1 Å². The molecule has 32 heteroatoms. The molecule has 3 heterocycles. The Morgan fingerprint density at radius 2 is 0.972 bits per heavy atom. The number of guanidine groups is 2. The van der Waals surface area contributed by atoms with Gasteiger partial charge < -0.3 is 85.7 Å². The topological polar surface area (TPSA) is 472 Å². The number of nitrogens with two attached hydrogens (primary N) is 3. The number of amides is 11. The van der Waals surface area contributed by atoms with Gasteiger partial charge in [0, 0.05) is 95.1 Å². The first-order valence-electron chi connectivity index (χ1n) is 37.2. The number of nitrogens with one attached hydrogen (secondary N) is 11. The lowest BCUT2D eigenvalue weighted by molar-refractivity contribution is -0.142. The number of hydrogen-bond donors (Lipinski definition) is 15. The molecule has 18 N–H and O–H groups in total. The molecule has 1 saturated heterocycles. The molecule has 109 heavy (non-hydrogen) atoms. The van der Waals surface area contributed by atoms with Crippen molar-refractivity contribution in [3.05, 3.63) is 143 Å². The maximum atomic E-state index is 15.1. The lowest BCUT2D eigenvalue weighted by atomic mass is 9.99. The molecule has 0 aliphatic carbocycles. The zero-order valence-electron chi connectivity index (χ0n) is 63.0. The van der Waals surface area contributed by atoms with Crippen LogP contribution in [0.15, 0.2) is 126 Å². The Morgan fingerprint density at radius 3 is 1.48 bits per heavy atom. The van der Waals surface area contributed by atoms with Crippen LogP contribution in [0.25, 0.3) is 10.8 Å². The predicted molar refractivity (Wildman–Crippen MR) is 415 cm³/mol. The Morgan fingerprint density at radius 1 is 0.523 bits per heavy atom. The number of aliphatic hydroxyl groups is 1. The van der Waals surface area contributed by atoms with Crippen LogP contribution < -0.4 is 75.7 Å². The van der Waals surface area contributed by atoms with E-state index < -0.39 is 132 Å². The van der Waals surface area contributed by atoms with E-state index in [0.717, 1.165) is 36.5 Å². The second kappa shape index (κ2) is 45.7. The third-order valence-electron chi connectivity index (χ3n) is 18.1. The molecule has 0 spiro atoms. The summed E-state index contributed by atoms with van der Waals surface area (Å²) in [5, 5.41) is 43.8. The van der Waals surface area contributed by atoms with E-state index in [1.54, 1.807) is 48.5 Å². The van der Waals surface area contributed by atoms with E-state index in [0.29, 0.717) is 46.8 Å². The molecule has 3 aromatic carbocycles. The van der Waals surface area contributed by atoms with Gasteiger partial charge in [-0.25, -0.2) is 0 Å². The van der Waals surface area contributed by atoms with Gasteiger partial charge in [0.2, 0.25) is 65.0 Å². The summed E-state index contributed by atoms with van der Waals surface area (Å²) in [7, 11) is 0. The lowest BCUT2D eigenvalue weighted by Gasteiger charge is -2.31. The second-order valence-corrected chi connectivity index (χ2v) is 28.0. The van der Waals surface area contributed by atoms with Crippen LogP contribution in [0.5, 0.6) is 0 Å². The van der Waals surface area contributed by atoms with Crippen molar-refractivity contribution in [3.8, 4) is 0 Å². The average molecular weight is 1530 g/mol. The monoisotopic (exact) mass is 1530 g/mol. The number of fused-ring (bicyclic) bond motifs is 1. The van der Waals surface area contributed by atoms with E-state index >= 15 is 9.59 Å². The molecular formula is C77H108ClN19O12. The fourth-order valence-corrected chi connectivity index (χ4v) is 12.3. The first kappa shape index (κ1) is 87.1. The van der Waals surface area contributed by atoms with Crippen LogP contribution in [-0.2, 0) is 78.4 Å². The van der Waals surface area contributed by atoms with Crippen molar-refractivity contribution >= 4 is 99.3 Å². The van der Waals surface area contributed by atoms with Crippen molar-refractivity contribution < 1.29 is 57.8 Å². The molecule has 0 unspecified atom stereocenters. The summed E-state index contributed by atoms with van der Waals surface area (Å²) in [6.45, 7) is 10.8. The minimum absolute atomic E-state index is 0.0236. The number of carbonyl (C=O) groups excluding carboxylic acids is 11. The van der Waals surface area contributed by atoms with E-state index in [2.05, 4.69) is 78.4 Å². The fraction of sp³-hybridized carbons (Fsp3) is 0.494. The zero-order valence-corrected chi connectivity index (χ0v) is 63.7. The highest BCUT2D eigenvalue weighted by Crippen LogP contribution is 2.22. The van der Waals surface area contributed by atoms with Gasteiger partial charge in [-0.15, -0.1) is 0 Å². The number of hydrogen-bond acceptors (Lipinski definition) is 16. The van der Waals surface area contributed by atoms with Gasteiger partial charge in [0.05, 0.1) is 6.61 Å². The van der Waals surface area contributed by atoms with Crippen molar-refractivity contribution in [1.29, 1.82) is 0 Å². The summed E-state index contributed by atoms with van der Waals surface area (Å²) >= 11 is 6.26. The average Bonchev–Trinajstić information content (AvgIpc) is 1.71. The number of unbranched alkanes of at least 4 members (excludes halogenated alkanes) is 2. The highest BCUT2D eigenvalue weighted by molar-refractivity contribution is 6.30. The van der Waals surface area contributed by atoms with Crippen molar-refractivity contribution in [1.82, 2.24) is 73.4 Å². The molecule has 11 amide bonds. The predicted octanol–water partition coefficient (Wildman–Crippen LogP) is 1.44. The molecule has 5 aromatic rings. The van der Waals surface area contributed by atoms with Gasteiger partial charge in [0.1, 0.15) is 60.4 Å². The van der Waals surface area contributed by atoms with Crippen LogP contribution in [0, 0.1) is 5.92 Å². The molecule has 590 valence electrons. The van der Waals surface area contributed by atoms with Gasteiger partial charge >= 0.3 is 0 Å². The van der Waals surface area contributed by atoms with Crippen LogP contribution in [0.1, 0.15) is 134 Å². The molecule has 1 fully saturated rings. The third-order valence-corrected chi connectivity index (χ3v) is 18.3. The van der Waals surface area contributed by atoms with E-state index in [-0.39, 0.29) is 102 Å². The SMILES string of the molecule is CCCCNC(N)=NCCC[C@H](NC(=O)[C@H](CO)NC(=O)[C@@H](Cc1cccnc1)NC(=O)[C@@H](Cc1ccc(Cl)cc1)NC(=O)[C@@H](Cc1ccc2ccccc2c1)NC(C)=O)C(=O)N[C@H](Cc1cccnc1)C(=O)N[C@@H](CC(C)C)C(=O)N[C@@H](CCCN=C(N)NCCCC)C(=O)N1CCC[C@H]1C(=O)N[C@H](C)C(N)=O. The van der Waals surface area contributed by atoms with Crippen LogP contribution in [0.4, 0.5) is 0 Å². The van der Waals surface area contributed by atoms with E-state index in [4.69, 9.17) is 28.8 Å². The Bertz CT molecular complexity index is 3890. The van der Waals surface area contributed by atoms with Gasteiger partial charge in [0.25, 0.3) is 0 Å². The standard InChI is InChI=1S/C77H108ClN19O12/c1-7-9-33-84-76(80)86-35-15-22-57(67(101)93-62(42-52-18-13-31-82-44-52)71(105)92-59(38-47(3)4)68(102)91-58(23-16-36-87-77(81)85-34-10-8-2)75(109)97-37-17-24-65(97)74(108)88-48(5)66(79)100)90-73(107)64(46-98)96-72(106)63(43-53-19-14-32-83-45-53)95-70(104)61(40-50-26-29-56(78)30-27-50)94-69(103)60(89-49(6)99)41-51-25-28-54-20-11-12-21-55(54)39-51/h11-14,18-21,25-32,39,44-45,47-48,57-65,98H,7-10,15-17,22-24,33-38,40-43,46H2,1-6H3,(H2,79,100)(H,88,108)(H,89,99)(H,90,107)(H,91,102)(H,92,105)(H,93,101)(H,94,103)(H,95,104)(H,96,106)(H3,80,84,86)(H3,81,85,87)/t48-,57+,58+,59+,60-,61-,62-,63-,64+,65+/m1/s1. The number of aliphatic imine (C=N–C) groups is 2. The molecule has 1 aliphatic rings. The quantitative estimate of drug-likeness (QED) is 0.0149. The van der Waals surface area contributed by atoms with E-state index in [1.165, 1.54) is 43.5 Å². The molecule has 10 atom stereocenters. The number of rotatable bonds is 44. The van der Waals surface area contributed by atoms with Crippen LogP contribution in [0.3, 0.4) is 0 Å². The summed E-state index contributed by atoms with van der Waals surface area (Å²) in [4.78, 5) is 175. The Kier molecular flexibility index (Phi) is 36.6. The highest BCUT2D eigenvalue weighted by Gasteiger charge is 2.40. The van der Waals surface area contributed by atoms with Crippen molar-refractivity contribution in [2.45, 2.75) is 198 Å². The second-order valence-electron chi connectivity index (χ2n) is 27.5. The van der Waals surface area contributed by atoms with Crippen LogP contribution in [-0.4, -0.2) is 197 Å². The van der Waals surface area contributed by atoms with Gasteiger partial charge in [-0.3, -0.25) is 72.7 Å². The normalized spacial score (nSPS) is 15.4. The highest BCUT2D eigenvalue weighted by atomic mass is 35.5. The number of carbonyl (C=O) groups is 11. The number of nitrogens with zero attached hydrogens (tertiary/aromatic N) is 5. The number of pyridine rings is 2. The largest absolute Gasteiger partial charge is 0.394 e. The maximum absolute atomic E-state index is 15.1. The number of aromatic nitrogens is 2. The summed E-state index contributed by atoms with van der Waals surface area (Å²) < 4.78 is 0. The Balaban J connectivity index is 1.27. The molecule has 31 nitrogen and oxygen atoms in total. The van der Waals surface area contributed by atoms with Crippen LogP contribution >= 0.6 is 11.6 Å². The first-order valence-corrected chi connectivity index (χ1v) is 37.6. The third kappa shape index (κ3) is 30.0. The minimum atomic E-state index is -1.80. The minimum Gasteiger partial charge on any atom is -0.394 e. The molecule has 1 aliphatic heterocycles. The van der Waals surface area contributed by atoms with Crippen LogP contribution in [0.2, 0.25) is 5.02 Å². The molecular weight excluding hydrogens is 1420 g/mol. The first-order chi connectivity index (χ1) is 52.2. The van der Waals surface area contributed by atoms with E-state index in [9.17, 15) is 48.3 Å². The summed E-state index contributed by atoms with van der Waals surface area (Å²) in [5.41, 5.74) is 19.9. The molecule has 0 bridgehead atoms. The smallest absolute Gasteiger partial charge is 0.245 e. The maximum Gasteiger partial charge on any atom is 0.245 e. The zero-order chi connectivity index (χ0) is 79.4. The van der Waals surface area contributed by atoms with Crippen molar-refractivity contribution in [2.75, 3.05) is 39.3 Å². The summed E-state index contributed by atoms with van der Waals surface area (Å²) in [6, 6.07) is 12.8. The van der Waals surface area contributed by atoms with Gasteiger partial charge in [0.15, 0.2) is 11.9 Å². The molecule has 0 radical (unpaired) electrons. The van der Waals surface area contributed by atoms with E-state index in [1.807, 2.05) is 70.2 Å². The summed E-state index contributed by atoms with van der Waals surface area (Å²) in [5.74, 6) is -8.56. The van der Waals surface area contributed by atoms with Gasteiger partial charge in [-0.1, -0.05) is 119 Å². The number of primary amides is 1. The number of aliphatic hydroxyl groups excluding tert-OH is 1. The number of benzene rings is 3. The fourth-order valence-electron chi connectivity index (χ4n) is 12.2. The summed E-state index contributed by atoms with van der Waals surface area (Å²) in [6.07, 6.45) is 9.83. The molecule has 2 aromatic heterocycles. The van der Waals surface area contributed by atoms with Gasteiger partial charge in [-0.2, -0.15) is 0 Å². The molecule has 6 rings (SSSR count). The van der Waals surface area contributed by atoms with Crippen molar-refractivity contribution in [3.63, 3.8) is 0 Å².